The molecule has 20 heavy (non-hydrogen) atoms. The van der Waals surface area contributed by atoms with Crippen molar-refractivity contribution in [2.45, 2.75) is 20.4 Å². The van der Waals surface area contributed by atoms with Crippen molar-refractivity contribution in [3.63, 3.8) is 0 Å². The van der Waals surface area contributed by atoms with Gasteiger partial charge in [-0.3, -0.25) is 0 Å². The van der Waals surface area contributed by atoms with Crippen molar-refractivity contribution >= 4 is 15.9 Å². The third-order valence-electron chi connectivity index (χ3n) is 2.91. The summed E-state index contributed by atoms with van der Waals surface area (Å²) in [4.78, 5) is 0. The Balaban J connectivity index is 2.48. The van der Waals surface area contributed by atoms with Crippen molar-refractivity contribution in [3.05, 3.63) is 45.1 Å². The van der Waals surface area contributed by atoms with Crippen LogP contribution in [0.1, 0.15) is 16.8 Å². The topological polar surface area (TPSA) is 61.0 Å². The summed E-state index contributed by atoms with van der Waals surface area (Å²) in [6.45, 7) is 3.76. The first-order chi connectivity index (χ1) is 9.43. The van der Waals surface area contributed by atoms with Crippen LogP contribution in [0.5, 0.6) is 11.6 Å². The van der Waals surface area contributed by atoms with Gasteiger partial charge in [0.05, 0.1) is 5.69 Å². The molecule has 106 valence electrons. The number of aromatic nitrogens is 2. The van der Waals surface area contributed by atoms with E-state index >= 15 is 0 Å². The van der Waals surface area contributed by atoms with Crippen LogP contribution in [0, 0.1) is 25.5 Å². The van der Waals surface area contributed by atoms with Crippen molar-refractivity contribution in [1.29, 1.82) is 0 Å². The summed E-state index contributed by atoms with van der Waals surface area (Å²) in [5, 5.41) is 7.75. The molecule has 2 aromatic rings. The molecule has 2 N–H and O–H groups in total. The number of benzene rings is 1. The van der Waals surface area contributed by atoms with Gasteiger partial charge in [0, 0.05) is 16.6 Å². The lowest BCUT2D eigenvalue weighted by Crippen LogP contribution is -2.08. The zero-order chi connectivity index (χ0) is 14.9. The number of ether oxygens (including phenoxy) is 1. The van der Waals surface area contributed by atoms with Crippen molar-refractivity contribution in [2.75, 3.05) is 0 Å². The summed E-state index contributed by atoms with van der Waals surface area (Å²) in [5.74, 6) is -2.30. The number of halogens is 3. The maximum Gasteiger partial charge on any atom is 0.243 e. The number of nitrogens with two attached hydrogens (primary N) is 1. The smallest absolute Gasteiger partial charge is 0.243 e. The van der Waals surface area contributed by atoms with Gasteiger partial charge in [-0.1, -0.05) is 15.9 Å². The van der Waals surface area contributed by atoms with Gasteiger partial charge >= 0.3 is 0 Å². The van der Waals surface area contributed by atoms with Gasteiger partial charge in [-0.15, -0.1) is 5.10 Å². The molecule has 0 aliphatic carbocycles. The van der Waals surface area contributed by atoms with Gasteiger partial charge < -0.3 is 10.5 Å². The third kappa shape index (κ3) is 2.78. The standard InChI is InChI=1S/C13H12BrF2N3O/c1-6-7(2)18-19-13(9(6)5-17)20-11-4-8(14)3-10(15)12(11)16/h3-4H,5,17H2,1-2H3. The van der Waals surface area contributed by atoms with E-state index in [2.05, 4.69) is 26.1 Å². The van der Waals surface area contributed by atoms with Crippen LogP contribution in [0.15, 0.2) is 16.6 Å². The van der Waals surface area contributed by atoms with Crippen LogP contribution < -0.4 is 10.5 Å². The predicted octanol–water partition coefficient (Wildman–Crippen LogP) is 3.39. The molecule has 0 bridgehead atoms. The molecule has 1 aromatic heterocycles. The van der Waals surface area contributed by atoms with Crippen molar-refractivity contribution < 1.29 is 13.5 Å². The normalized spacial score (nSPS) is 10.7. The van der Waals surface area contributed by atoms with E-state index in [1.165, 1.54) is 6.07 Å². The molecule has 4 nitrogen and oxygen atoms in total. The monoisotopic (exact) mass is 343 g/mol. The van der Waals surface area contributed by atoms with Gasteiger partial charge in [-0.2, -0.15) is 9.49 Å². The molecule has 0 fully saturated rings. The summed E-state index contributed by atoms with van der Waals surface area (Å²) in [6, 6.07) is 2.33. The van der Waals surface area contributed by atoms with Crippen LogP contribution >= 0.6 is 15.9 Å². The molecule has 0 aliphatic rings. The van der Waals surface area contributed by atoms with E-state index in [-0.39, 0.29) is 18.2 Å². The fourth-order valence-electron chi connectivity index (χ4n) is 1.67. The molecular formula is C13H12BrF2N3O. The molecule has 0 spiro atoms. The number of hydrogen-bond donors (Lipinski definition) is 1. The van der Waals surface area contributed by atoms with Crippen LogP contribution in [-0.4, -0.2) is 10.2 Å². The predicted molar refractivity (Wildman–Crippen MR) is 73.5 cm³/mol. The van der Waals surface area contributed by atoms with Crippen molar-refractivity contribution in [3.8, 4) is 11.6 Å². The Kier molecular flexibility index (Phi) is 4.29. The Morgan fingerprint density at radius 1 is 1.25 bits per heavy atom. The van der Waals surface area contributed by atoms with Gasteiger partial charge in [0.15, 0.2) is 11.6 Å². The fourth-order valence-corrected chi connectivity index (χ4v) is 2.08. The van der Waals surface area contributed by atoms with Gasteiger partial charge in [0.2, 0.25) is 11.7 Å². The van der Waals surface area contributed by atoms with E-state index in [0.717, 1.165) is 11.6 Å². The Morgan fingerprint density at radius 3 is 2.60 bits per heavy atom. The van der Waals surface area contributed by atoms with Crippen molar-refractivity contribution in [2.24, 2.45) is 5.73 Å². The van der Waals surface area contributed by atoms with Crippen LogP contribution in [0.2, 0.25) is 0 Å². The molecule has 2 rings (SSSR count). The van der Waals surface area contributed by atoms with Gasteiger partial charge in [0.1, 0.15) is 0 Å². The van der Waals surface area contributed by atoms with E-state index in [9.17, 15) is 8.78 Å². The number of nitrogens with zero attached hydrogens (tertiary/aromatic N) is 2. The second-order valence-electron chi connectivity index (χ2n) is 4.20. The van der Waals surface area contributed by atoms with E-state index in [4.69, 9.17) is 10.5 Å². The van der Waals surface area contributed by atoms with Crippen molar-refractivity contribution in [1.82, 2.24) is 10.2 Å². The largest absolute Gasteiger partial charge is 0.434 e. The molecule has 1 aromatic carbocycles. The van der Waals surface area contributed by atoms with Gasteiger partial charge in [-0.25, -0.2) is 4.39 Å². The number of hydrogen-bond acceptors (Lipinski definition) is 4. The second-order valence-corrected chi connectivity index (χ2v) is 5.12. The Labute approximate surface area is 123 Å². The Morgan fingerprint density at radius 2 is 1.95 bits per heavy atom. The van der Waals surface area contributed by atoms with Crippen LogP contribution in [0.4, 0.5) is 8.78 Å². The molecule has 0 unspecified atom stereocenters. The minimum Gasteiger partial charge on any atom is -0.434 e. The third-order valence-corrected chi connectivity index (χ3v) is 3.37. The molecule has 7 heteroatoms. The van der Waals surface area contributed by atoms with Crippen LogP contribution in [0.3, 0.4) is 0 Å². The Hall–Kier alpha value is -1.60. The van der Waals surface area contributed by atoms with Crippen LogP contribution in [0.25, 0.3) is 0 Å². The highest BCUT2D eigenvalue weighted by Gasteiger charge is 2.16. The average molecular weight is 344 g/mol. The fraction of sp³-hybridized carbons (Fsp3) is 0.231. The van der Waals surface area contributed by atoms with E-state index in [0.29, 0.717) is 15.7 Å². The highest BCUT2D eigenvalue weighted by Crippen LogP contribution is 2.31. The van der Waals surface area contributed by atoms with E-state index in [1.807, 2.05) is 6.92 Å². The number of rotatable bonds is 3. The zero-order valence-electron chi connectivity index (χ0n) is 10.9. The summed E-state index contributed by atoms with van der Waals surface area (Å²) >= 11 is 3.07. The lowest BCUT2D eigenvalue weighted by atomic mass is 10.1. The molecule has 0 atom stereocenters. The first-order valence-electron chi connectivity index (χ1n) is 5.79. The minimum atomic E-state index is -1.09. The number of aryl methyl sites for hydroxylation is 1. The minimum absolute atomic E-state index is 0.0759. The summed E-state index contributed by atoms with van der Waals surface area (Å²) in [7, 11) is 0. The summed E-state index contributed by atoms with van der Waals surface area (Å²) in [6.07, 6.45) is 0. The maximum absolute atomic E-state index is 13.7. The van der Waals surface area contributed by atoms with Gasteiger partial charge in [-0.05, 0) is 31.5 Å². The molecule has 0 aliphatic heterocycles. The lowest BCUT2D eigenvalue weighted by Gasteiger charge is -2.12. The highest BCUT2D eigenvalue weighted by molar-refractivity contribution is 9.10. The first-order valence-corrected chi connectivity index (χ1v) is 6.58. The quantitative estimate of drug-likeness (QED) is 0.867. The molecule has 1 heterocycles. The maximum atomic E-state index is 13.7. The Bertz CT molecular complexity index is 665. The zero-order valence-corrected chi connectivity index (χ0v) is 12.5. The molecule has 0 saturated heterocycles. The molecule has 0 saturated carbocycles. The van der Waals surface area contributed by atoms with Crippen LogP contribution in [-0.2, 0) is 6.54 Å². The second kappa shape index (κ2) is 5.80. The van der Waals surface area contributed by atoms with E-state index < -0.39 is 11.6 Å². The average Bonchev–Trinajstić information content (AvgIpc) is 2.40. The van der Waals surface area contributed by atoms with E-state index in [1.54, 1.807) is 6.92 Å². The molecule has 0 radical (unpaired) electrons. The first kappa shape index (κ1) is 14.8. The highest BCUT2D eigenvalue weighted by atomic mass is 79.9. The van der Waals surface area contributed by atoms with Gasteiger partial charge in [0.25, 0.3) is 0 Å². The lowest BCUT2D eigenvalue weighted by molar-refractivity contribution is 0.396. The molecular weight excluding hydrogens is 332 g/mol. The summed E-state index contributed by atoms with van der Waals surface area (Å²) < 4.78 is 32.7. The summed E-state index contributed by atoms with van der Waals surface area (Å²) in [5.41, 5.74) is 7.78. The molecule has 0 amide bonds. The SMILES string of the molecule is Cc1nnc(Oc2cc(Br)cc(F)c2F)c(CN)c1C.